The molecule has 1 aliphatic carbocycles. The van der Waals surface area contributed by atoms with Crippen molar-refractivity contribution in [1.82, 2.24) is 19.7 Å². The fraction of sp³-hybridized carbons (Fsp3) is 0.706. The minimum absolute atomic E-state index is 0.218. The fourth-order valence-corrected chi connectivity index (χ4v) is 5.76. The maximum absolute atomic E-state index is 11.8. The first-order valence-corrected chi connectivity index (χ1v) is 16.0. The second-order valence-electron chi connectivity index (χ2n) is 8.80. The number of aromatic nitrogens is 4. The van der Waals surface area contributed by atoms with Crippen molar-refractivity contribution in [3.63, 3.8) is 0 Å². The summed E-state index contributed by atoms with van der Waals surface area (Å²) in [6, 6.07) is 0.659. The Morgan fingerprint density at radius 1 is 1.34 bits per heavy atom. The van der Waals surface area contributed by atoms with Gasteiger partial charge in [0.05, 0.1) is 22.8 Å². The number of hydrogen-bond acceptors (Lipinski definition) is 8. The van der Waals surface area contributed by atoms with Crippen LogP contribution < -0.4 is 5.32 Å². The number of aliphatic hydroxyl groups is 1. The van der Waals surface area contributed by atoms with Crippen LogP contribution in [0.4, 0.5) is 5.82 Å². The molecule has 1 aliphatic rings. The molecule has 3 atom stereocenters. The average Bonchev–Trinajstić information content (AvgIpc) is 3.12. The predicted octanol–water partition coefficient (Wildman–Crippen LogP) is 2.25. The summed E-state index contributed by atoms with van der Waals surface area (Å²) >= 11 is 3.46. The van der Waals surface area contributed by atoms with Crippen molar-refractivity contribution in [1.29, 1.82) is 0 Å². The molecule has 2 heterocycles. The lowest BCUT2D eigenvalue weighted by Crippen LogP contribution is -2.28. The van der Waals surface area contributed by atoms with E-state index < -0.39 is 35.3 Å². The number of halogens is 1. The van der Waals surface area contributed by atoms with E-state index in [4.69, 9.17) is 4.74 Å². The monoisotopic (exact) mass is 505 g/mol. The summed E-state index contributed by atoms with van der Waals surface area (Å²) in [6.07, 6.45) is 2.41. The smallest absolute Gasteiger partial charge is 0.166 e. The van der Waals surface area contributed by atoms with Crippen molar-refractivity contribution in [2.24, 2.45) is 0 Å². The van der Waals surface area contributed by atoms with E-state index in [1.54, 1.807) is 4.68 Å². The van der Waals surface area contributed by atoms with Gasteiger partial charge in [0.2, 0.25) is 0 Å². The Hall–Kier alpha value is -1.08. The lowest BCUT2D eigenvalue weighted by molar-refractivity contribution is 0.0810. The molecule has 12 heteroatoms. The number of rotatable bonds is 8. The third-order valence-electron chi connectivity index (χ3n) is 5.11. The lowest BCUT2D eigenvalue weighted by atomic mass is 10.2. The van der Waals surface area contributed by atoms with Gasteiger partial charge >= 0.3 is 0 Å². The van der Waals surface area contributed by atoms with Crippen LogP contribution >= 0.6 is 15.9 Å². The van der Waals surface area contributed by atoms with Crippen molar-refractivity contribution in [2.75, 3.05) is 18.2 Å². The van der Waals surface area contributed by atoms with Crippen molar-refractivity contribution in [2.45, 2.75) is 62.7 Å². The third-order valence-corrected chi connectivity index (χ3v) is 8.96. The quantitative estimate of drug-likeness (QED) is 0.413. The molecule has 1 fully saturated rings. The number of hydrogen-bond donors (Lipinski definition) is 2. The number of aliphatic hydroxyl groups excluding tert-OH is 1. The van der Waals surface area contributed by atoms with Gasteiger partial charge in [0.25, 0.3) is 0 Å². The van der Waals surface area contributed by atoms with Crippen LogP contribution in [0.25, 0.3) is 11.0 Å². The molecule has 0 saturated heterocycles. The van der Waals surface area contributed by atoms with Gasteiger partial charge in [-0.2, -0.15) is 5.10 Å². The first-order chi connectivity index (χ1) is 13.5. The van der Waals surface area contributed by atoms with Gasteiger partial charge < -0.3 is 15.2 Å². The fourth-order valence-electron chi connectivity index (χ4n) is 3.34. The largest absolute Gasteiger partial charge is 0.391 e. The molecule has 0 radical (unpaired) electrons. The topological polar surface area (TPSA) is 119 Å². The summed E-state index contributed by atoms with van der Waals surface area (Å²) in [6.45, 7) is 7.85. The highest BCUT2D eigenvalue weighted by atomic mass is 79.9. The Kier molecular flexibility index (Phi) is 6.68. The summed E-state index contributed by atoms with van der Waals surface area (Å²) in [4.78, 5) is 8.62. The van der Waals surface area contributed by atoms with Crippen LogP contribution in [0.3, 0.4) is 0 Å². The van der Waals surface area contributed by atoms with E-state index in [-0.39, 0.29) is 13.2 Å². The molecule has 2 N–H and O–H groups in total. The Morgan fingerprint density at radius 3 is 2.69 bits per heavy atom. The summed E-state index contributed by atoms with van der Waals surface area (Å²) in [5.74, 6) is 0.508. The van der Waals surface area contributed by atoms with Gasteiger partial charge in [0, 0.05) is 20.9 Å². The summed E-state index contributed by atoms with van der Waals surface area (Å²) in [5.41, 5.74) is 0.606. The number of nitrogens with zero attached hydrogens (tertiary/aromatic N) is 4. The molecule has 0 aromatic carbocycles. The van der Waals surface area contributed by atoms with Crippen LogP contribution in [-0.4, -0.2) is 71.6 Å². The van der Waals surface area contributed by atoms with E-state index in [1.165, 1.54) is 12.6 Å². The van der Waals surface area contributed by atoms with E-state index in [1.807, 2.05) is 0 Å². The van der Waals surface area contributed by atoms with Gasteiger partial charge in [-0.1, -0.05) is 19.6 Å². The number of fused-ring (bicyclic) bond motifs is 1. The van der Waals surface area contributed by atoms with Gasteiger partial charge in [-0.05, 0) is 34.8 Å². The van der Waals surface area contributed by atoms with Gasteiger partial charge in [-0.15, -0.1) is 0 Å². The van der Waals surface area contributed by atoms with E-state index in [9.17, 15) is 13.5 Å². The number of ether oxygens (including phenoxy) is 1. The molecule has 2 aromatic rings. The van der Waals surface area contributed by atoms with Crippen LogP contribution in [-0.2, 0) is 21.3 Å². The molecule has 162 valence electrons. The maximum atomic E-state index is 11.8. The molecule has 29 heavy (non-hydrogen) atoms. The number of sulfone groups is 1. The molecule has 0 spiro atoms. The van der Waals surface area contributed by atoms with Gasteiger partial charge in [0.1, 0.15) is 33.3 Å². The molecule has 2 aromatic heterocycles. The van der Waals surface area contributed by atoms with Crippen LogP contribution in [0.5, 0.6) is 0 Å². The van der Waals surface area contributed by atoms with Gasteiger partial charge in [-0.25, -0.2) is 23.1 Å². The van der Waals surface area contributed by atoms with E-state index >= 15 is 0 Å². The second-order valence-corrected chi connectivity index (χ2v) is 17.5. The molecule has 1 saturated carbocycles. The van der Waals surface area contributed by atoms with Crippen LogP contribution in [0, 0.1) is 0 Å². The number of anilines is 1. The lowest BCUT2D eigenvalue weighted by Gasteiger charge is -2.17. The van der Waals surface area contributed by atoms with Gasteiger partial charge in [-0.3, -0.25) is 0 Å². The molecule has 0 unspecified atom stereocenters. The molecular weight excluding hydrogens is 478 g/mol. The van der Waals surface area contributed by atoms with Crippen molar-refractivity contribution in [3.8, 4) is 0 Å². The minimum atomic E-state index is -3.20. The predicted molar refractivity (Wildman–Crippen MR) is 118 cm³/mol. The zero-order valence-electron chi connectivity index (χ0n) is 17.1. The first kappa shape index (κ1) is 22.6. The van der Waals surface area contributed by atoms with Crippen molar-refractivity contribution < 1.29 is 18.3 Å². The Balaban J connectivity index is 1.76. The summed E-state index contributed by atoms with van der Waals surface area (Å²) in [5, 5.41) is 18.1. The molecule has 0 aliphatic heterocycles. The molecule has 0 bridgehead atoms. The summed E-state index contributed by atoms with van der Waals surface area (Å²) in [7, 11) is -4.37. The SMILES string of the molecule is C[Si](C)(C)CCOCn1nc(Br)c2c(N[C@@H]3C[C@@H](S(C)(=O)=O)C[C@H]3O)ncnc21. The van der Waals surface area contributed by atoms with Crippen LogP contribution in [0.1, 0.15) is 12.8 Å². The molecular formula is C17H28BrN5O4SSi. The zero-order valence-corrected chi connectivity index (χ0v) is 20.5. The number of nitrogens with one attached hydrogen (secondary N) is 1. The van der Waals surface area contributed by atoms with E-state index in [0.717, 1.165) is 6.04 Å². The summed E-state index contributed by atoms with van der Waals surface area (Å²) < 4.78 is 31.7. The van der Waals surface area contributed by atoms with Crippen LogP contribution in [0.2, 0.25) is 25.7 Å². The van der Waals surface area contributed by atoms with Crippen molar-refractivity contribution in [3.05, 3.63) is 10.9 Å². The van der Waals surface area contributed by atoms with Crippen LogP contribution in [0.15, 0.2) is 10.9 Å². The molecule has 3 rings (SSSR count). The highest BCUT2D eigenvalue weighted by Gasteiger charge is 2.38. The Morgan fingerprint density at radius 2 is 2.07 bits per heavy atom. The average molecular weight is 506 g/mol. The highest BCUT2D eigenvalue weighted by Crippen LogP contribution is 2.32. The zero-order chi connectivity index (χ0) is 21.4. The van der Waals surface area contributed by atoms with Gasteiger partial charge in [0.15, 0.2) is 5.65 Å². The standard InChI is InChI=1S/C17H28BrN5O4SSi/c1-28(25,26)11-7-12(13(24)8-11)21-16-14-15(18)22-23(17(14)20-9-19-16)10-27-5-6-29(2,3)4/h9,11-13,24H,5-8,10H2,1-4H3,(H,19,20,21)/t11-,12-,13-/m1/s1. The maximum Gasteiger partial charge on any atom is 0.166 e. The molecule has 9 nitrogen and oxygen atoms in total. The Bertz CT molecular complexity index is 978. The Labute approximate surface area is 180 Å². The normalized spacial score (nSPS) is 23.0. The first-order valence-electron chi connectivity index (χ1n) is 9.54. The highest BCUT2D eigenvalue weighted by molar-refractivity contribution is 9.10. The second kappa shape index (κ2) is 8.58. The van der Waals surface area contributed by atoms with E-state index in [0.29, 0.717) is 34.5 Å². The molecule has 0 amide bonds. The third kappa shape index (κ3) is 5.54. The van der Waals surface area contributed by atoms with Crippen molar-refractivity contribution >= 4 is 50.7 Å². The minimum Gasteiger partial charge on any atom is -0.391 e. The van der Waals surface area contributed by atoms with E-state index in [2.05, 4.69) is 56.0 Å².